The van der Waals surface area contributed by atoms with Gasteiger partial charge >= 0.3 is 0 Å². The smallest absolute Gasteiger partial charge is 0.127 e. The number of methoxy groups -OCH3 is 1. The van der Waals surface area contributed by atoms with Gasteiger partial charge in [-0.05, 0) is 35.4 Å². The molecule has 0 fully saturated rings. The lowest BCUT2D eigenvalue weighted by molar-refractivity contribution is 0.303. The molecule has 0 saturated carbocycles. The van der Waals surface area contributed by atoms with Crippen LogP contribution in [0.1, 0.15) is 16.7 Å². The second-order valence-electron chi connectivity index (χ2n) is 6.29. The molecule has 3 rings (SSSR count). The van der Waals surface area contributed by atoms with Crippen LogP contribution in [0.25, 0.3) is 0 Å². The number of hydrogen-bond acceptors (Lipinski definition) is 4. The van der Waals surface area contributed by atoms with Crippen LogP contribution in [0.3, 0.4) is 0 Å². The van der Waals surface area contributed by atoms with Gasteiger partial charge in [-0.2, -0.15) is 0 Å². The Balaban J connectivity index is 1.58. The molecule has 0 amide bonds. The quantitative estimate of drug-likeness (QED) is 0.457. The van der Waals surface area contributed by atoms with E-state index in [0.717, 1.165) is 28.3 Å². The van der Waals surface area contributed by atoms with Crippen LogP contribution in [0, 0.1) is 0 Å². The van der Waals surface area contributed by atoms with Crippen molar-refractivity contribution in [3.8, 4) is 11.5 Å². The highest BCUT2D eigenvalue weighted by Gasteiger charge is 2.05. The Kier molecular flexibility index (Phi) is 6.52. The van der Waals surface area contributed by atoms with Crippen LogP contribution in [0.5, 0.6) is 11.5 Å². The molecule has 0 atom stereocenters. The minimum Gasteiger partial charge on any atom is -0.497 e. The molecule has 0 aliphatic rings. The summed E-state index contributed by atoms with van der Waals surface area (Å²) in [7, 11) is 3.34. The number of ether oxygens (including phenoxy) is 2. The molecule has 3 aromatic carbocycles. The predicted octanol–water partition coefficient (Wildman–Crippen LogP) is 4.22. The van der Waals surface area contributed by atoms with Crippen LogP contribution < -0.4 is 20.5 Å². The molecule has 5 nitrogen and oxygen atoms in total. The van der Waals surface area contributed by atoms with E-state index in [9.17, 15) is 0 Å². The van der Waals surface area contributed by atoms with Crippen molar-refractivity contribution < 1.29 is 9.47 Å². The van der Waals surface area contributed by atoms with Crippen molar-refractivity contribution in [2.75, 3.05) is 19.5 Å². The summed E-state index contributed by atoms with van der Waals surface area (Å²) in [5, 5.41) is 3.43. The largest absolute Gasteiger partial charge is 0.497 e. The molecule has 0 aliphatic carbocycles. The summed E-state index contributed by atoms with van der Waals surface area (Å²) in [6.07, 6.45) is 0. The van der Waals surface area contributed by atoms with Gasteiger partial charge < -0.3 is 20.5 Å². The van der Waals surface area contributed by atoms with Crippen LogP contribution in [0.4, 0.5) is 5.69 Å². The van der Waals surface area contributed by atoms with Crippen LogP contribution in [-0.2, 0) is 13.2 Å². The topological polar surface area (TPSA) is 68.9 Å². The number of hydrogen-bond donors (Lipinski definition) is 2. The number of nitrogens with one attached hydrogen (secondary N) is 1. The molecule has 0 aromatic heterocycles. The van der Waals surface area contributed by atoms with Gasteiger partial charge in [0.25, 0.3) is 0 Å². The molecule has 5 heteroatoms. The van der Waals surface area contributed by atoms with Crippen molar-refractivity contribution >= 4 is 11.5 Å². The standard InChI is InChI=1S/C23H25N3O2/c1-25-23(24)21-8-3-4-9-22(21)26-15-17-10-12-18(13-11-17)16-28-20-7-5-6-19(14-20)27-2/h3-14,26H,15-16H2,1-2H3,(H2,24,25). The third-order valence-electron chi connectivity index (χ3n) is 4.40. The van der Waals surface area contributed by atoms with Gasteiger partial charge in [0, 0.05) is 30.9 Å². The Bertz CT molecular complexity index is 937. The summed E-state index contributed by atoms with van der Waals surface area (Å²) in [4.78, 5) is 4.07. The van der Waals surface area contributed by atoms with E-state index in [4.69, 9.17) is 15.2 Å². The van der Waals surface area contributed by atoms with Gasteiger partial charge in [0.05, 0.1) is 7.11 Å². The zero-order valence-corrected chi connectivity index (χ0v) is 16.2. The maximum absolute atomic E-state index is 5.97. The monoisotopic (exact) mass is 375 g/mol. The zero-order chi connectivity index (χ0) is 19.8. The number of nitrogens with two attached hydrogens (primary N) is 1. The highest BCUT2D eigenvalue weighted by atomic mass is 16.5. The summed E-state index contributed by atoms with van der Waals surface area (Å²) >= 11 is 0. The van der Waals surface area contributed by atoms with Crippen LogP contribution in [0.15, 0.2) is 77.8 Å². The van der Waals surface area contributed by atoms with Crippen LogP contribution in [-0.4, -0.2) is 20.0 Å². The van der Waals surface area contributed by atoms with E-state index in [0.29, 0.717) is 19.0 Å². The molecule has 3 N–H and O–H groups in total. The van der Waals surface area contributed by atoms with Crippen molar-refractivity contribution in [2.45, 2.75) is 13.2 Å². The number of benzene rings is 3. The summed E-state index contributed by atoms with van der Waals surface area (Å²) in [5.74, 6) is 2.10. The fraction of sp³-hybridized carbons (Fsp3) is 0.174. The maximum Gasteiger partial charge on any atom is 0.127 e. The van der Waals surface area contributed by atoms with Gasteiger partial charge in [-0.15, -0.1) is 0 Å². The summed E-state index contributed by atoms with van der Waals surface area (Å²) in [5.41, 5.74) is 10.1. The average Bonchev–Trinajstić information content (AvgIpc) is 2.76. The minimum absolute atomic E-state index is 0.507. The lowest BCUT2D eigenvalue weighted by Gasteiger charge is -2.12. The molecule has 0 spiro atoms. The lowest BCUT2D eigenvalue weighted by atomic mass is 10.1. The molecule has 0 aliphatic heterocycles. The summed E-state index contributed by atoms with van der Waals surface area (Å²) < 4.78 is 11.0. The van der Waals surface area contributed by atoms with Crippen molar-refractivity contribution in [1.29, 1.82) is 0 Å². The molecular weight excluding hydrogens is 350 g/mol. The third kappa shape index (κ3) is 5.04. The number of anilines is 1. The van der Waals surface area contributed by atoms with Gasteiger partial charge in [0.1, 0.15) is 23.9 Å². The number of amidine groups is 1. The lowest BCUT2D eigenvalue weighted by Crippen LogP contribution is -2.15. The Morgan fingerprint density at radius 2 is 1.64 bits per heavy atom. The fourth-order valence-electron chi connectivity index (χ4n) is 2.79. The molecule has 0 bridgehead atoms. The molecule has 28 heavy (non-hydrogen) atoms. The van der Waals surface area contributed by atoms with E-state index in [1.165, 1.54) is 5.56 Å². The Morgan fingerprint density at radius 3 is 2.39 bits per heavy atom. The van der Waals surface area contributed by atoms with Gasteiger partial charge in [0.2, 0.25) is 0 Å². The van der Waals surface area contributed by atoms with Crippen LogP contribution >= 0.6 is 0 Å². The minimum atomic E-state index is 0.507. The Labute approximate surface area is 165 Å². The Morgan fingerprint density at radius 1 is 0.929 bits per heavy atom. The van der Waals surface area contributed by atoms with Crippen molar-refractivity contribution in [3.05, 3.63) is 89.5 Å². The number of aliphatic imine (C=N–C) groups is 1. The first-order valence-electron chi connectivity index (χ1n) is 9.10. The van der Waals surface area contributed by atoms with Crippen LogP contribution in [0.2, 0.25) is 0 Å². The zero-order valence-electron chi connectivity index (χ0n) is 16.2. The molecule has 0 saturated heterocycles. The number of rotatable bonds is 8. The summed E-state index contributed by atoms with van der Waals surface area (Å²) in [6, 6.07) is 23.8. The van der Waals surface area contributed by atoms with E-state index in [1.54, 1.807) is 14.2 Å². The third-order valence-corrected chi connectivity index (χ3v) is 4.40. The first-order valence-corrected chi connectivity index (χ1v) is 9.10. The maximum atomic E-state index is 5.97. The molecule has 0 unspecified atom stereocenters. The predicted molar refractivity (Wildman–Crippen MR) is 114 cm³/mol. The number of nitrogens with zero attached hydrogens (tertiary/aromatic N) is 1. The first-order chi connectivity index (χ1) is 13.7. The SMILES string of the molecule is CN=C(N)c1ccccc1NCc1ccc(COc2cccc(OC)c2)cc1. The van der Waals surface area contributed by atoms with Gasteiger partial charge in [-0.3, -0.25) is 4.99 Å². The van der Waals surface area contributed by atoms with Gasteiger partial charge in [0.15, 0.2) is 0 Å². The molecule has 144 valence electrons. The molecule has 0 heterocycles. The van der Waals surface area contributed by atoms with Gasteiger partial charge in [-0.25, -0.2) is 0 Å². The fourth-order valence-corrected chi connectivity index (χ4v) is 2.79. The highest BCUT2D eigenvalue weighted by Crippen LogP contribution is 2.20. The van der Waals surface area contributed by atoms with E-state index in [1.807, 2.05) is 48.5 Å². The normalized spacial score (nSPS) is 11.1. The molecule has 3 aromatic rings. The second kappa shape index (κ2) is 9.46. The van der Waals surface area contributed by atoms with E-state index < -0.39 is 0 Å². The summed E-state index contributed by atoms with van der Waals surface area (Å²) in [6.45, 7) is 1.21. The van der Waals surface area contributed by atoms with E-state index >= 15 is 0 Å². The van der Waals surface area contributed by atoms with Gasteiger partial charge in [-0.1, -0.05) is 42.5 Å². The van der Waals surface area contributed by atoms with E-state index in [-0.39, 0.29) is 0 Å². The second-order valence-corrected chi connectivity index (χ2v) is 6.29. The van der Waals surface area contributed by atoms with E-state index in [2.05, 4.69) is 34.6 Å². The molecule has 0 radical (unpaired) electrons. The van der Waals surface area contributed by atoms with Crippen molar-refractivity contribution in [2.24, 2.45) is 10.7 Å². The number of para-hydroxylation sites is 1. The molecular formula is C23H25N3O2. The Hall–Kier alpha value is -3.47. The van der Waals surface area contributed by atoms with Crippen molar-refractivity contribution in [3.63, 3.8) is 0 Å². The highest BCUT2D eigenvalue weighted by molar-refractivity contribution is 6.02. The first kappa shape index (κ1) is 19.3. The van der Waals surface area contributed by atoms with Crippen molar-refractivity contribution in [1.82, 2.24) is 0 Å². The average molecular weight is 375 g/mol.